The number of nitrogens with zero attached hydrogens (tertiary/aromatic N) is 4. The van der Waals surface area contributed by atoms with Crippen molar-refractivity contribution >= 4 is 11.9 Å². The summed E-state index contributed by atoms with van der Waals surface area (Å²) in [6.45, 7) is 8.85. The molecule has 1 aliphatic heterocycles. The number of aromatic nitrogens is 2. The number of carbonyl (C=O) groups excluding carboxylic acids is 1. The smallest absolute Gasteiger partial charge is 0.272 e. The molecule has 0 spiro atoms. The number of hydrogen-bond acceptors (Lipinski definition) is 6. The van der Waals surface area contributed by atoms with Gasteiger partial charge in [-0.3, -0.25) is 4.79 Å². The van der Waals surface area contributed by atoms with Crippen molar-refractivity contribution < 1.29 is 9.53 Å². The van der Waals surface area contributed by atoms with Crippen LogP contribution in [0.4, 0.5) is 5.95 Å². The number of benzene rings is 1. The highest BCUT2D eigenvalue weighted by Crippen LogP contribution is 2.18. The number of nitrogens with one attached hydrogen (secondary N) is 1. The van der Waals surface area contributed by atoms with Gasteiger partial charge in [0, 0.05) is 44.0 Å². The molecule has 2 aromatic rings. The largest absolute Gasteiger partial charge is 0.496 e. The number of ether oxygens (including phenoxy) is 1. The van der Waals surface area contributed by atoms with Gasteiger partial charge < -0.3 is 19.9 Å². The maximum Gasteiger partial charge on any atom is 0.272 e. The first-order valence-electron chi connectivity index (χ1n) is 9.33. The summed E-state index contributed by atoms with van der Waals surface area (Å²) >= 11 is 0. The van der Waals surface area contributed by atoms with Crippen LogP contribution in [0.1, 0.15) is 28.7 Å². The lowest BCUT2D eigenvalue weighted by molar-refractivity contribution is 0.0637. The molecule has 0 bridgehead atoms. The van der Waals surface area contributed by atoms with Gasteiger partial charge >= 0.3 is 0 Å². The quantitative estimate of drug-likeness (QED) is 0.842. The van der Waals surface area contributed by atoms with Crippen molar-refractivity contribution in [2.45, 2.75) is 20.4 Å². The number of rotatable bonds is 6. The van der Waals surface area contributed by atoms with E-state index in [0.717, 1.165) is 49.7 Å². The number of aryl methyl sites for hydroxylation is 1. The van der Waals surface area contributed by atoms with Crippen LogP contribution in [0.2, 0.25) is 0 Å². The molecular weight excluding hydrogens is 342 g/mol. The van der Waals surface area contributed by atoms with Crippen molar-refractivity contribution in [3.8, 4) is 5.75 Å². The molecule has 1 amide bonds. The summed E-state index contributed by atoms with van der Waals surface area (Å²) in [5, 5.41) is 3.21. The molecule has 1 aromatic heterocycles. The van der Waals surface area contributed by atoms with E-state index in [9.17, 15) is 4.79 Å². The molecule has 7 heteroatoms. The lowest BCUT2D eigenvalue weighted by atomic mass is 10.2. The van der Waals surface area contributed by atoms with E-state index in [0.29, 0.717) is 18.2 Å². The SMILES string of the molecule is CCN1CCN(C(=O)c2cc(C)nc(NCc3ccccc3OC)n2)CC1. The van der Waals surface area contributed by atoms with E-state index in [1.54, 1.807) is 13.2 Å². The fourth-order valence-electron chi connectivity index (χ4n) is 3.21. The summed E-state index contributed by atoms with van der Waals surface area (Å²) in [6.07, 6.45) is 0. The zero-order valence-electron chi connectivity index (χ0n) is 16.2. The molecule has 1 aromatic carbocycles. The molecule has 0 unspecified atom stereocenters. The monoisotopic (exact) mass is 369 g/mol. The lowest BCUT2D eigenvalue weighted by Gasteiger charge is -2.33. The maximum absolute atomic E-state index is 12.8. The van der Waals surface area contributed by atoms with Gasteiger partial charge in [0.05, 0.1) is 7.11 Å². The van der Waals surface area contributed by atoms with E-state index in [2.05, 4.69) is 27.1 Å². The second kappa shape index (κ2) is 8.81. The van der Waals surface area contributed by atoms with Gasteiger partial charge in [-0.1, -0.05) is 25.1 Å². The van der Waals surface area contributed by atoms with E-state index >= 15 is 0 Å². The minimum absolute atomic E-state index is 0.0309. The summed E-state index contributed by atoms with van der Waals surface area (Å²) in [5.74, 6) is 1.23. The van der Waals surface area contributed by atoms with Crippen LogP contribution in [0.15, 0.2) is 30.3 Å². The van der Waals surface area contributed by atoms with Gasteiger partial charge in [0.1, 0.15) is 11.4 Å². The minimum atomic E-state index is -0.0309. The van der Waals surface area contributed by atoms with Crippen LogP contribution in [-0.2, 0) is 6.54 Å². The summed E-state index contributed by atoms with van der Waals surface area (Å²) in [6, 6.07) is 9.55. The second-order valence-electron chi connectivity index (χ2n) is 6.61. The number of likely N-dealkylation sites (N-methyl/N-ethyl adjacent to an activating group) is 1. The lowest BCUT2D eigenvalue weighted by Crippen LogP contribution is -2.48. The highest BCUT2D eigenvalue weighted by atomic mass is 16.5. The fourth-order valence-corrected chi connectivity index (χ4v) is 3.21. The Bertz CT molecular complexity index is 788. The number of piperazine rings is 1. The molecule has 0 atom stereocenters. The van der Waals surface area contributed by atoms with E-state index in [1.807, 2.05) is 36.1 Å². The predicted molar refractivity (Wildman–Crippen MR) is 105 cm³/mol. The Morgan fingerprint density at radius 2 is 1.93 bits per heavy atom. The van der Waals surface area contributed by atoms with Gasteiger partial charge in [-0.05, 0) is 25.6 Å². The molecule has 1 N–H and O–H groups in total. The summed E-state index contributed by atoms with van der Waals surface area (Å²) in [7, 11) is 1.65. The van der Waals surface area contributed by atoms with Gasteiger partial charge in [-0.2, -0.15) is 0 Å². The number of hydrogen-bond donors (Lipinski definition) is 1. The first-order chi connectivity index (χ1) is 13.1. The van der Waals surface area contributed by atoms with Crippen molar-refractivity contribution in [3.05, 3.63) is 47.3 Å². The number of amides is 1. The second-order valence-corrected chi connectivity index (χ2v) is 6.61. The number of carbonyl (C=O) groups is 1. The molecule has 0 aliphatic carbocycles. The maximum atomic E-state index is 12.8. The Labute approximate surface area is 160 Å². The van der Waals surface area contributed by atoms with Crippen molar-refractivity contribution in [2.24, 2.45) is 0 Å². The first-order valence-corrected chi connectivity index (χ1v) is 9.33. The molecule has 1 saturated heterocycles. The van der Waals surface area contributed by atoms with Crippen LogP contribution in [0.25, 0.3) is 0 Å². The van der Waals surface area contributed by atoms with Crippen molar-refractivity contribution in [3.63, 3.8) is 0 Å². The summed E-state index contributed by atoms with van der Waals surface area (Å²) in [5.41, 5.74) is 2.21. The minimum Gasteiger partial charge on any atom is -0.496 e. The molecule has 7 nitrogen and oxygen atoms in total. The van der Waals surface area contributed by atoms with Crippen LogP contribution in [0, 0.1) is 6.92 Å². The highest BCUT2D eigenvalue weighted by molar-refractivity contribution is 5.92. The average molecular weight is 369 g/mol. The normalized spacial score (nSPS) is 14.9. The predicted octanol–water partition coefficient (Wildman–Crippen LogP) is 2.18. The number of methoxy groups -OCH3 is 1. The average Bonchev–Trinajstić information content (AvgIpc) is 2.71. The molecule has 0 radical (unpaired) electrons. The Balaban J connectivity index is 1.70. The van der Waals surface area contributed by atoms with Crippen LogP contribution >= 0.6 is 0 Å². The van der Waals surface area contributed by atoms with Crippen molar-refractivity contribution in [1.82, 2.24) is 19.8 Å². The van der Waals surface area contributed by atoms with Crippen LogP contribution in [0.3, 0.4) is 0 Å². The van der Waals surface area contributed by atoms with Gasteiger partial charge in [0.2, 0.25) is 5.95 Å². The molecule has 1 fully saturated rings. The molecule has 1 aliphatic rings. The van der Waals surface area contributed by atoms with E-state index in [4.69, 9.17) is 4.74 Å². The third-order valence-corrected chi connectivity index (χ3v) is 4.81. The Hall–Kier alpha value is -2.67. The van der Waals surface area contributed by atoms with Crippen LogP contribution in [0.5, 0.6) is 5.75 Å². The van der Waals surface area contributed by atoms with Gasteiger partial charge in [0.15, 0.2) is 0 Å². The first kappa shape index (κ1) is 19.1. The Morgan fingerprint density at radius 3 is 2.63 bits per heavy atom. The standard InChI is InChI=1S/C20H27N5O2/c1-4-24-9-11-25(12-10-24)19(26)17-13-15(2)22-20(23-17)21-14-16-7-5-6-8-18(16)27-3/h5-8,13H,4,9-12,14H2,1-3H3,(H,21,22,23). The number of para-hydroxylation sites is 1. The topological polar surface area (TPSA) is 70.6 Å². The highest BCUT2D eigenvalue weighted by Gasteiger charge is 2.23. The third kappa shape index (κ3) is 4.74. The van der Waals surface area contributed by atoms with E-state index in [1.165, 1.54) is 0 Å². The van der Waals surface area contributed by atoms with Crippen molar-refractivity contribution in [2.75, 3.05) is 45.2 Å². The molecule has 3 rings (SSSR count). The zero-order chi connectivity index (χ0) is 19.2. The summed E-state index contributed by atoms with van der Waals surface area (Å²) < 4.78 is 5.37. The van der Waals surface area contributed by atoms with Gasteiger partial charge in [0.25, 0.3) is 5.91 Å². The third-order valence-electron chi connectivity index (χ3n) is 4.81. The van der Waals surface area contributed by atoms with Crippen LogP contribution < -0.4 is 10.1 Å². The zero-order valence-corrected chi connectivity index (χ0v) is 16.2. The van der Waals surface area contributed by atoms with Gasteiger partial charge in [-0.15, -0.1) is 0 Å². The molecule has 144 valence electrons. The van der Waals surface area contributed by atoms with Crippen molar-refractivity contribution in [1.29, 1.82) is 0 Å². The number of anilines is 1. The Kier molecular flexibility index (Phi) is 6.24. The molecule has 27 heavy (non-hydrogen) atoms. The van der Waals surface area contributed by atoms with E-state index < -0.39 is 0 Å². The Morgan fingerprint density at radius 1 is 1.19 bits per heavy atom. The molecular formula is C20H27N5O2. The molecule has 0 saturated carbocycles. The summed E-state index contributed by atoms with van der Waals surface area (Å²) in [4.78, 5) is 25.9. The van der Waals surface area contributed by atoms with E-state index in [-0.39, 0.29) is 5.91 Å². The van der Waals surface area contributed by atoms with Crippen LogP contribution in [-0.4, -0.2) is 65.5 Å². The fraction of sp³-hybridized carbons (Fsp3) is 0.450. The van der Waals surface area contributed by atoms with Gasteiger partial charge in [-0.25, -0.2) is 9.97 Å². The molecule has 2 heterocycles.